The molecular weight excluding hydrogens is 324 g/mol. The van der Waals surface area contributed by atoms with E-state index in [1.54, 1.807) is 0 Å². The standard InChI is InChI=1S/C7H4Br3/c1-4-2-5(8)3-6(9)7(4)10/h2-3H,1H2. The molecule has 0 nitrogen and oxygen atoms in total. The van der Waals surface area contributed by atoms with Crippen molar-refractivity contribution in [3.05, 3.63) is 38.0 Å². The van der Waals surface area contributed by atoms with Crippen LogP contribution < -0.4 is 0 Å². The van der Waals surface area contributed by atoms with Gasteiger partial charge in [0.25, 0.3) is 0 Å². The molecule has 53 valence electrons. The molecule has 0 aliphatic carbocycles. The van der Waals surface area contributed by atoms with Crippen LogP contribution in [0.5, 0.6) is 0 Å². The molecule has 0 aliphatic heterocycles. The van der Waals surface area contributed by atoms with Gasteiger partial charge in [0.2, 0.25) is 0 Å². The highest BCUT2D eigenvalue weighted by molar-refractivity contribution is 9.13. The Morgan fingerprint density at radius 1 is 1.10 bits per heavy atom. The maximum absolute atomic E-state index is 3.83. The molecule has 1 aromatic carbocycles. The van der Waals surface area contributed by atoms with E-state index in [9.17, 15) is 0 Å². The molecule has 0 bridgehead atoms. The molecule has 0 spiro atoms. The number of halogens is 3. The van der Waals surface area contributed by atoms with E-state index in [1.807, 2.05) is 12.1 Å². The zero-order valence-corrected chi connectivity index (χ0v) is 9.75. The van der Waals surface area contributed by atoms with Gasteiger partial charge >= 0.3 is 0 Å². The molecule has 0 saturated heterocycles. The molecule has 1 rings (SSSR count). The van der Waals surface area contributed by atoms with Gasteiger partial charge in [0, 0.05) is 13.4 Å². The SMILES string of the molecule is [CH2]c1cc(Br)cc(Br)c1Br. The minimum atomic E-state index is 0.973. The van der Waals surface area contributed by atoms with Crippen molar-refractivity contribution < 1.29 is 0 Å². The molecule has 1 radical (unpaired) electrons. The first-order chi connectivity index (χ1) is 4.61. The zero-order chi connectivity index (χ0) is 7.72. The second-order valence-electron chi connectivity index (χ2n) is 1.86. The van der Waals surface area contributed by atoms with E-state index in [2.05, 4.69) is 54.7 Å². The summed E-state index contributed by atoms with van der Waals surface area (Å²) in [4.78, 5) is 0. The average Bonchev–Trinajstić information content (AvgIpc) is 1.82. The van der Waals surface area contributed by atoms with Crippen molar-refractivity contribution in [2.24, 2.45) is 0 Å². The molecule has 0 heterocycles. The van der Waals surface area contributed by atoms with Crippen LogP contribution in [-0.4, -0.2) is 0 Å². The Kier molecular flexibility index (Phi) is 2.95. The first kappa shape index (κ1) is 8.75. The van der Waals surface area contributed by atoms with Crippen LogP contribution in [0.15, 0.2) is 25.6 Å². The summed E-state index contributed by atoms with van der Waals surface area (Å²) in [6.45, 7) is 3.83. The monoisotopic (exact) mass is 325 g/mol. The first-order valence-corrected chi connectivity index (χ1v) is 4.95. The van der Waals surface area contributed by atoms with Crippen LogP contribution in [0.3, 0.4) is 0 Å². The second-order valence-corrected chi connectivity index (χ2v) is 4.42. The third-order valence-corrected chi connectivity index (χ3v) is 3.62. The molecule has 0 aliphatic rings. The van der Waals surface area contributed by atoms with Crippen molar-refractivity contribution in [3.8, 4) is 0 Å². The Bertz CT molecular complexity index is 232. The lowest BCUT2D eigenvalue weighted by atomic mass is 10.2. The van der Waals surface area contributed by atoms with E-state index in [0.717, 1.165) is 19.0 Å². The van der Waals surface area contributed by atoms with Crippen LogP contribution in [-0.2, 0) is 0 Å². The van der Waals surface area contributed by atoms with Crippen molar-refractivity contribution in [1.82, 2.24) is 0 Å². The van der Waals surface area contributed by atoms with Crippen LogP contribution in [0.2, 0.25) is 0 Å². The fraction of sp³-hybridized carbons (Fsp3) is 0. The molecule has 0 unspecified atom stereocenters. The van der Waals surface area contributed by atoms with E-state index in [-0.39, 0.29) is 0 Å². The Balaban J connectivity index is 3.31. The molecule has 0 amide bonds. The summed E-state index contributed by atoms with van der Waals surface area (Å²) < 4.78 is 3.06. The van der Waals surface area contributed by atoms with E-state index < -0.39 is 0 Å². The van der Waals surface area contributed by atoms with Gasteiger partial charge in [0.05, 0.1) is 0 Å². The third-order valence-electron chi connectivity index (χ3n) is 1.07. The summed E-state index contributed by atoms with van der Waals surface area (Å²) in [6, 6.07) is 3.92. The van der Waals surface area contributed by atoms with E-state index in [1.165, 1.54) is 0 Å². The Hall–Kier alpha value is 0.660. The maximum Gasteiger partial charge on any atom is 0.0350 e. The van der Waals surface area contributed by atoms with Crippen molar-refractivity contribution in [1.29, 1.82) is 0 Å². The van der Waals surface area contributed by atoms with Gasteiger partial charge in [-0.15, -0.1) is 0 Å². The highest BCUT2D eigenvalue weighted by atomic mass is 79.9. The smallest absolute Gasteiger partial charge is 0.0350 e. The van der Waals surface area contributed by atoms with Gasteiger partial charge < -0.3 is 0 Å². The zero-order valence-electron chi connectivity index (χ0n) is 5.00. The summed E-state index contributed by atoms with van der Waals surface area (Å²) in [7, 11) is 0. The van der Waals surface area contributed by atoms with Crippen molar-refractivity contribution >= 4 is 47.8 Å². The number of hydrogen-bond acceptors (Lipinski definition) is 0. The molecule has 10 heavy (non-hydrogen) atoms. The van der Waals surface area contributed by atoms with Gasteiger partial charge in [0.1, 0.15) is 0 Å². The predicted molar refractivity (Wildman–Crippen MR) is 54.0 cm³/mol. The van der Waals surface area contributed by atoms with Crippen LogP contribution in [0.25, 0.3) is 0 Å². The quantitative estimate of drug-likeness (QED) is 0.628. The number of benzene rings is 1. The van der Waals surface area contributed by atoms with Crippen LogP contribution in [0.1, 0.15) is 5.56 Å². The van der Waals surface area contributed by atoms with Crippen LogP contribution >= 0.6 is 47.8 Å². The normalized spacial score (nSPS) is 10.0. The number of rotatable bonds is 0. The molecule has 0 atom stereocenters. The van der Waals surface area contributed by atoms with Crippen molar-refractivity contribution in [2.75, 3.05) is 0 Å². The van der Waals surface area contributed by atoms with Crippen LogP contribution in [0, 0.1) is 6.92 Å². The van der Waals surface area contributed by atoms with Crippen molar-refractivity contribution in [3.63, 3.8) is 0 Å². The molecule has 0 N–H and O–H groups in total. The summed E-state index contributed by atoms with van der Waals surface area (Å²) in [5.74, 6) is 0. The Morgan fingerprint density at radius 2 is 1.70 bits per heavy atom. The van der Waals surface area contributed by atoms with Gasteiger partial charge in [0.15, 0.2) is 0 Å². The van der Waals surface area contributed by atoms with Gasteiger partial charge in [-0.2, -0.15) is 0 Å². The summed E-state index contributed by atoms with van der Waals surface area (Å²) >= 11 is 10.1. The maximum atomic E-state index is 3.83. The highest BCUT2D eigenvalue weighted by Crippen LogP contribution is 2.29. The molecule has 0 fully saturated rings. The minimum absolute atomic E-state index is 0.973. The van der Waals surface area contributed by atoms with E-state index >= 15 is 0 Å². The minimum Gasteiger partial charge on any atom is -0.0508 e. The van der Waals surface area contributed by atoms with Crippen LogP contribution in [0.4, 0.5) is 0 Å². The average molecular weight is 328 g/mol. The highest BCUT2D eigenvalue weighted by Gasteiger charge is 2.00. The molecule has 0 aromatic heterocycles. The van der Waals surface area contributed by atoms with E-state index in [0.29, 0.717) is 0 Å². The van der Waals surface area contributed by atoms with Gasteiger partial charge in [-0.1, -0.05) is 15.9 Å². The molecule has 1 aromatic rings. The molecule has 0 saturated carbocycles. The third kappa shape index (κ3) is 1.83. The lowest BCUT2D eigenvalue weighted by Crippen LogP contribution is -1.76. The summed E-state index contributed by atoms with van der Waals surface area (Å²) in [5.41, 5.74) is 0.973. The van der Waals surface area contributed by atoms with E-state index in [4.69, 9.17) is 0 Å². The Labute approximate surface area is 85.4 Å². The summed E-state index contributed by atoms with van der Waals surface area (Å²) in [5, 5.41) is 0. The summed E-state index contributed by atoms with van der Waals surface area (Å²) in [6.07, 6.45) is 0. The Morgan fingerprint density at radius 3 is 2.20 bits per heavy atom. The number of hydrogen-bond donors (Lipinski definition) is 0. The molecular formula is C7H4Br3. The second kappa shape index (κ2) is 3.37. The fourth-order valence-corrected chi connectivity index (χ4v) is 2.15. The predicted octanol–water partition coefficient (Wildman–Crippen LogP) is 4.16. The molecule has 3 heteroatoms. The first-order valence-electron chi connectivity index (χ1n) is 2.58. The largest absolute Gasteiger partial charge is 0.0508 e. The van der Waals surface area contributed by atoms with Gasteiger partial charge in [-0.05, 0) is 56.5 Å². The van der Waals surface area contributed by atoms with Gasteiger partial charge in [-0.25, -0.2) is 0 Å². The topological polar surface area (TPSA) is 0 Å². The fourth-order valence-electron chi connectivity index (χ4n) is 0.609. The van der Waals surface area contributed by atoms with Gasteiger partial charge in [-0.3, -0.25) is 0 Å². The van der Waals surface area contributed by atoms with Crippen molar-refractivity contribution in [2.45, 2.75) is 0 Å². The lowest BCUT2D eigenvalue weighted by Gasteiger charge is -2.00. The lowest BCUT2D eigenvalue weighted by molar-refractivity contribution is 1.48.